The lowest BCUT2D eigenvalue weighted by molar-refractivity contribution is 0.0664. The molecular weight excluding hydrogens is 438 g/mol. The smallest absolute Gasteiger partial charge is 0.253 e. The van der Waals surface area contributed by atoms with E-state index < -0.39 is 0 Å². The predicted octanol–water partition coefficient (Wildman–Crippen LogP) is 3.06. The van der Waals surface area contributed by atoms with E-state index in [0.717, 1.165) is 59.7 Å². The van der Waals surface area contributed by atoms with Crippen LogP contribution in [0.5, 0.6) is 0 Å². The van der Waals surface area contributed by atoms with Gasteiger partial charge in [0.2, 0.25) is 0 Å². The van der Waals surface area contributed by atoms with Gasteiger partial charge in [-0.05, 0) is 55.4 Å². The third-order valence-corrected chi connectivity index (χ3v) is 6.34. The quantitative estimate of drug-likeness (QED) is 0.409. The van der Waals surface area contributed by atoms with E-state index in [-0.39, 0.29) is 5.91 Å². The van der Waals surface area contributed by atoms with Gasteiger partial charge >= 0.3 is 0 Å². The lowest BCUT2D eigenvalue weighted by atomic mass is 10.1. The van der Waals surface area contributed by atoms with Gasteiger partial charge in [-0.2, -0.15) is 5.10 Å². The zero-order chi connectivity index (χ0) is 23.8. The van der Waals surface area contributed by atoms with Crippen molar-refractivity contribution in [2.24, 2.45) is 0 Å². The van der Waals surface area contributed by atoms with Crippen LogP contribution in [0.4, 0.5) is 0 Å². The number of aromatic amines is 1. The molecule has 4 heterocycles. The highest BCUT2D eigenvalue weighted by molar-refractivity contribution is 5.94. The molecule has 5 aromatic rings. The lowest BCUT2D eigenvalue weighted by Crippen LogP contribution is -2.47. The highest BCUT2D eigenvalue weighted by Crippen LogP contribution is 2.20. The van der Waals surface area contributed by atoms with E-state index in [9.17, 15) is 4.79 Å². The Morgan fingerprint density at radius 1 is 0.943 bits per heavy atom. The molecule has 35 heavy (non-hydrogen) atoms. The van der Waals surface area contributed by atoms with Crippen LogP contribution in [0.2, 0.25) is 0 Å². The van der Waals surface area contributed by atoms with Crippen molar-refractivity contribution in [3.05, 3.63) is 83.9 Å². The van der Waals surface area contributed by atoms with Crippen molar-refractivity contribution in [3.63, 3.8) is 0 Å². The molecule has 0 radical (unpaired) electrons. The number of hydrogen-bond donors (Lipinski definition) is 1. The summed E-state index contributed by atoms with van der Waals surface area (Å²) in [6.07, 6.45) is 3.40. The molecule has 172 valence electrons. The Morgan fingerprint density at radius 3 is 2.60 bits per heavy atom. The molecule has 0 aliphatic carbocycles. The van der Waals surface area contributed by atoms with Gasteiger partial charge in [-0.15, -0.1) is 0 Å². The Balaban J connectivity index is 1.25. The monoisotopic (exact) mass is 461 g/mol. The van der Waals surface area contributed by atoms with Gasteiger partial charge in [0.15, 0.2) is 5.65 Å². The van der Waals surface area contributed by atoms with Crippen molar-refractivity contribution in [2.45, 2.75) is 0 Å². The first-order chi connectivity index (χ1) is 17.1. The molecule has 0 spiro atoms. The molecule has 0 saturated carbocycles. The SMILES string of the molecule is CN1CCN(C(=O)c2ccc(-c3ccc4ncc(C#Cc5ccc6nc[nH]c6c5)n4n3)cc2)CC1. The second-order valence-electron chi connectivity index (χ2n) is 8.69. The minimum absolute atomic E-state index is 0.0774. The van der Waals surface area contributed by atoms with Gasteiger partial charge in [0, 0.05) is 42.9 Å². The maximum Gasteiger partial charge on any atom is 0.253 e. The number of piperazine rings is 1. The van der Waals surface area contributed by atoms with Crippen LogP contribution in [0, 0.1) is 11.8 Å². The summed E-state index contributed by atoms with van der Waals surface area (Å²) in [6.45, 7) is 3.33. The number of H-pyrrole nitrogens is 1. The second kappa shape index (κ2) is 8.70. The average molecular weight is 462 g/mol. The lowest BCUT2D eigenvalue weighted by Gasteiger charge is -2.32. The topological polar surface area (TPSA) is 82.4 Å². The van der Waals surface area contributed by atoms with Crippen LogP contribution in [0.3, 0.4) is 0 Å². The fourth-order valence-electron chi connectivity index (χ4n) is 4.24. The molecular formula is C27H23N7O. The Kier molecular flexibility index (Phi) is 5.24. The zero-order valence-electron chi connectivity index (χ0n) is 19.3. The third kappa shape index (κ3) is 4.14. The standard InChI is InChI=1S/C27H23N7O/c1-32-12-14-33(15-13-32)27(35)21-6-4-20(5-7-21)23-10-11-26-28-17-22(34(26)31-23)8-2-19-3-9-24-25(16-19)30-18-29-24/h3-7,9-11,16-18H,12-15H2,1H3,(H,29,30). The summed E-state index contributed by atoms with van der Waals surface area (Å²) in [6, 6.07) is 17.4. The van der Waals surface area contributed by atoms with Crippen molar-refractivity contribution in [1.82, 2.24) is 34.4 Å². The van der Waals surface area contributed by atoms with Crippen LogP contribution in [0.1, 0.15) is 21.6 Å². The molecule has 6 rings (SSSR count). The molecule has 3 aromatic heterocycles. The number of fused-ring (bicyclic) bond motifs is 2. The first-order valence-corrected chi connectivity index (χ1v) is 11.5. The van der Waals surface area contributed by atoms with Crippen molar-refractivity contribution < 1.29 is 4.79 Å². The number of nitrogens with one attached hydrogen (secondary N) is 1. The van der Waals surface area contributed by atoms with E-state index in [1.165, 1.54) is 0 Å². The van der Waals surface area contributed by atoms with Crippen LogP contribution in [0.25, 0.3) is 27.9 Å². The number of hydrogen-bond acceptors (Lipinski definition) is 5. The number of rotatable bonds is 2. The van der Waals surface area contributed by atoms with Gasteiger partial charge in [0.25, 0.3) is 5.91 Å². The first kappa shape index (κ1) is 21.1. The van der Waals surface area contributed by atoms with Crippen LogP contribution in [-0.4, -0.2) is 73.5 Å². The summed E-state index contributed by atoms with van der Waals surface area (Å²) in [5.41, 5.74) is 6.58. The second-order valence-corrected chi connectivity index (χ2v) is 8.69. The average Bonchev–Trinajstić information content (AvgIpc) is 3.53. The molecule has 1 aliphatic rings. The van der Waals surface area contributed by atoms with Crippen LogP contribution < -0.4 is 0 Å². The molecule has 0 bridgehead atoms. The molecule has 1 N–H and O–H groups in total. The Labute approximate surface area is 202 Å². The van der Waals surface area contributed by atoms with Gasteiger partial charge in [-0.3, -0.25) is 4.79 Å². The van der Waals surface area contributed by atoms with E-state index in [1.807, 2.05) is 59.5 Å². The molecule has 8 heteroatoms. The molecule has 1 amide bonds. The minimum Gasteiger partial charge on any atom is -0.345 e. The summed E-state index contributed by atoms with van der Waals surface area (Å²) >= 11 is 0. The molecule has 2 aromatic carbocycles. The fraction of sp³-hybridized carbons (Fsp3) is 0.185. The van der Waals surface area contributed by atoms with E-state index in [4.69, 9.17) is 5.10 Å². The number of carbonyl (C=O) groups is 1. The van der Waals surface area contributed by atoms with E-state index >= 15 is 0 Å². The number of nitrogens with zero attached hydrogens (tertiary/aromatic N) is 6. The first-order valence-electron chi connectivity index (χ1n) is 11.5. The number of carbonyl (C=O) groups excluding carboxylic acids is 1. The van der Waals surface area contributed by atoms with E-state index in [1.54, 1.807) is 17.0 Å². The Morgan fingerprint density at radius 2 is 1.77 bits per heavy atom. The van der Waals surface area contributed by atoms with Crippen molar-refractivity contribution in [3.8, 4) is 23.1 Å². The maximum absolute atomic E-state index is 12.8. The van der Waals surface area contributed by atoms with Crippen molar-refractivity contribution in [2.75, 3.05) is 33.2 Å². The Bertz CT molecular complexity index is 1600. The summed E-state index contributed by atoms with van der Waals surface area (Å²) in [5, 5.41) is 4.77. The summed E-state index contributed by atoms with van der Waals surface area (Å²) < 4.78 is 1.75. The highest BCUT2D eigenvalue weighted by Gasteiger charge is 2.20. The van der Waals surface area contributed by atoms with Crippen LogP contribution in [-0.2, 0) is 0 Å². The number of aromatic nitrogens is 5. The summed E-state index contributed by atoms with van der Waals surface area (Å²) in [7, 11) is 2.08. The largest absolute Gasteiger partial charge is 0.345 e. The summed E-state index contributed by atoms with van der Waals surface area (Å²) in [5.74, 6) is 6.45. The molecule has 1 aliphatic heterocycles. The minimum atomic E-state index is 0.0774. The van der Waals surface area contributed by atoms with Gasteiger partial charge in [0.1, 0.15) is 5.69 Å². The normalized spacial score (nSPS) is 14.3. The highest BCUT2D eigenvalue weighted by atomic mass is 16.2. The van der Waals surface area contributed by atoms with Crippen molar-refractivity contribution in [1.29, 1.82) is 0 Å². The zero-order valence-corrected chi connectivity index (χ0v) is 19.3. The number of benzene rings is 2. The molecule has 1 fully saturated rings. The molecule has 8 nitrogen and oxygen atoms in total. The van der Waals surface area contributed by atoms with Gasteiger partial charge in [0.05, 0.1) is 29.3 Å². The number of likely N-dealkylation sites (N-methyl/N-ethyl adjacent to an activating group) is 1. The predicted molar refractivity (Wildman–Crippen MR) is 134 cm³/mol. The van der Waals surface area contributed by atoms with Crippen molar-refractivity contribution >= 4 is 22.6 Å². The molecule has 1 saturated heterocycles. The van der Waals surface area contributed by atoms with Gasteiger partial charge in [-0.25, -0.2) is 14.5 Å². The van der Waals surface area contributed by atoms with Crippen LogP contribution in [0.15, 0.2) is 67.1 Å². The number of amides is 1. The fourth-order valence-corrected chi connectivity index (χ4v) is 4.24. The van der Waals surface area contributed by atoms with E-state index in [2.05, 4.69) is 38.7 Å². The molecule has 0 atom stereocenters. The van der Waals surface area contributed by atoms with Gasteiger partial charge in [-0.1, -0.05) is 18.1 Å². The molecule has 0 unspecified atom stereocenters. The van der Waals surface area contributed by atoms with Crippen LogP contribution >= 0.6 is 0 Å². The van der Waals surface area contributed by atoms with Gasteiger partial charge < -0.3 is 14.8 Å². The van der Waals surface area contributed by atoms with E-state index in [0.29, 0.717) is 11.3 Å². The Hall–Kier alpha value is -4.48. The summed E-state index contributed by atoms with van der Waals surface area (Å²) in [4.78, 5) is 28.8. The number of imidazole rings is 2. The third-order valence-electron chi connectivity index (χ3n) is 6.34. The maximum atomic E-state index is 12.8.